The summed E-state index contributed by atoms with van der Waals surface area (Å²) in [5.41, 5.74) is 5.04. The van der Waals surface area contributed by atoms with E-state index in [1.54, 1.807) is 12.1 Å². The van der Waals surface area contributed by atoms with Crippen LogP contribution in [0.15, 0.2) is 73.3 Å². The van der Waals surface area contributed by atoms with Crippen LogP contribution in [0, 0.1) is 0 Å². The second-order valence-electron chi connectivity index (χ2n) is 8.69. The molecule has 0 spiro atoms. The number of nitrogens with one attached hydrogen (secondary N) is 1. The molecule has 1 N–H and O–H groups in total. The third-order valence-corrected chi connectivity index (χ3v) is 6.42. The number of amides is 2. The highest BCUT2D eigenvalue weighted by Gasteiger charge is 2.30. The average molecular weight is 533 g/mol. The third kappa shape index (κ3) is 6.15. The van der Waals surface area contributed by atoms with E-state index in [0.29, 0.717) is 22.8 Å². The SMILES string of the molecule is C=CCON(Cc1c(OC)cc(OCC(=O)NC)cc1OC)C(=O)OCC1c2ccccc2-c2ccccc21. The number of likely N-dealkylation sites (N-methyl/N-ethyl adjacent to an activating group) is 1. The molecular weight excluding hydrogens is 500 g/mol. The van der Waals surface area contributed by atoms with Gasteiger partial charge in [0.1, 0.15) is 23.9 Å². The summed E-state index contributed by atoms with van der Waals surface area (Å²) in [7, 11) is 4.50. The van der Waals surface area contributed by atoms with Gasteiger partial charge in [0.05, 0.1) is 32.9 Å². The van der Waals surface area contributed by atoms with E-state index < -0.39 is 6.09 Å². The molecule has 0 unspecified atom stereocenters. The van der Waals surface area contributed by atoms with Gasteiger partial charge >= 0.3 is 6.09 Å². The number of carbonyl (C=O) groups is 2. The number of nitrogens with zero attached hydrogens (tertiary/aromatic N) is 1. The fraction of sp³-hybridized carbons (Fsp3) is 0.267. The highest BCUT2D eigenvalue weighted by Crippen LogP contribution is 2.44. The van der Waals surface area contributed by atoms with Crippen LogP contribution in [0.5, 0.6) is 17.2 Å². The summed E-state index contributed by atoms with van der Waals surface area (Å²) in [5, 5.41) is 3.61. The molecule has 3 aromatic carbocycles. The van der Waals surface area contributed by atoms with Crippen LogP contribution in [0.3, 0.4) is 0 Å². The third-order valence-electron chi connectivity index (χ3n) is 6.42. The zero-order valence-corrected chi connectivity index (χ0v) is 22.3. The van der Waals surface area contributed by atoms with Gasteiger partial charge in [-0.25, -0.2) is 4.79 Å². The Balaban J connectivity index is 1.53. The van der Waals surface area contributed by atoms with E-state index in [9.17, 15) is 9.59 Å². The van der Waals surface area contributed by atoms with Gasteiger partial charge in [-0.15, -0.1) is 6.58 Å². The van der Waals surface area contributed by atoms with Crippen molar-refractivity contribution in [3.05, 3.63) is 90.0 Å². The largest absolute Gasteiger partial charge is 0.496 e. The molecule has 0 saturated heterocycles. The van der Waals surface area contributed by atoms with Crippen LogP contribution < -0.4 is 19.5 Å². The molecule has 39 heavy (non-hydrogen) atoms. The summed E-state index contributed by atoms with van der Waals surface area (Å²) in [5.74, 6) is 0.773. The van der Waals surface area contributed by atoms with Gasteiger partial charge in [0.25, 0.3) is 5.91 Å². The molecule has 0 bridgehead atoms. The molecule has 0 fully saturated rings. The first-order chi connectivity index (χ1) is 19.0. The number of hydrogen-bond acceptors (Lipinski definition) is 7. The first-order valence-electron chi connectivity index (χ1n) is 12.4. The summed E-state index contributed by atoms with van der Waals surface area (Å²) in [6.45, 7) is 3.70. The first-order valence-corrected chi connectivity index (χ1v) is 12.4. The number of methoxy groups -OCH3 is 2. The molecule has 9 heteroatoms. The molecule has 0 radical (unpaired) electrons. The van der Waals surface area contributed by atoms with Crippen molar-refractivity contribution in [3.63, 3.8) is 0 Å². The number of rotatable bonds is 12. The minimum Gasteiger partial charge on any atom is -0.496 e. The molecule has 1 aliphatic rings. The van der Waals surface area contributed by atoms with Crippen LogP contribution in [0.25, 0.3) is 11.1 Å². The number of ether oxygens (including phenoxy) is 4. The monoisotopic (exact) mass is 532 g/mol. The van der Waals surface area contributed by atoms with E-state index in [0.717, 1.165) is 27.3 Å². The highest BCUT2D eigenvalue weighted by molar-refractivity contribution is 5.79. The summed E-state index contributed by atoms with van der Waals surface area (Å²) >= 11 is 0. The van der Waals surface area contributed by atoms with Crippen molar-refractivity contribution in [1.82, 2.24) is 10.4 Å². The summed E-state index contributed by atoms with van der Waals surface area (Å²) in [6.07, 6.45) is 0.872. The number of benzene rings is 3. The minimum absolute atomic E-state index is 0.0351. The van der Waals surface area contributed by atoms with Gasteiger partial charge < -0.3 is 24.3 Å². The normalized spacial score (nSPS) is 11.7. The van der Waals surface area contributed by atoms with Crippen LogP contribution >= 0.6 is 0 Å². The van der Waals surface area contributed by atoms with Crippen LogP contribution in [-0.2, 0) is 20.9 Å². The van der Waals surface area contributed by atoms with Gasteiger partial charge in [-0.05, 0) is 22.3 Å². The molecule has 0 heterocycles. The second-order valence-corrected chi connectivity index (χ2v) is 8.69. The Morgan fingerprint density at radius 2 is 1.56 bits per heavy atom. The number of hydrogen-bond donors (Lipinski definition) is 1. The van der Waals surface area contributed by atoms with Gasteiger partial charge in [-0.3, -0.25) is 9.63 Å². The van der Waals surface area contributed by atoms with Crippen LogP contribution in [0.1, 0.15) is 22.6 Å². The van der Waals surface area contributed by atoms with Gasteiger partial charge in [0, 0.05) is 25.1 Å². The molecule has 1 aliphatic carbocycles. The molecule has 204 valence electrons. The predicted octanol–water partition coefficient (Wildman–Crippen LogP) is 4.70. The van der Waals surface area contributed by atoms with Crippen LogP contribution in [-0.4, -0.2) is 58.2 Å². The molecular formula is C30H32N2O7. The maximum Gasteiger partial charge on any atom is 0.434 e. The topological polar surface area (TPSA) is 95.6 Å². The molecule has 4 rings (SSSR count). The highest BCUT2D eigenvalue weighted by atomic mass is 16.7. The Morgan fingerprint density at radius 1 is 0.974 bits per heavy atom. The Kier molecular flexibility index (Phi) is 9.06. The number of hydroxylamine groups is 2. The molecule has 0 atom stereocenters. The quantitative estimate of drug-likeness (QED) is 0.267. The van der Waals surface area contributed by atoms with Crippen LogP contribution in [0.4, 0.5) is 4.79 Å². The van der Waals surface area contributed by atoms with Crippen molar-refractivity contribution < 1.29 is 33.4 Å². The smallest absolute Gasteiger partial charge is 0.434 e. The predicted molar refractivity (Wildman–Crippen MR) is 146 cm³/mol. The van der Waals surface area contributed by atoms with Crippen molar-refractivity contribution >= 4 is 12.0 Å². The van der Waals surface area contributed by atoms with Crippen molar-refractivity contribution in [2.45, 2.75) is 12.5 Å². The number of carbonyl (C=O) groups excluding carboxylic acids is 2. The van der Waals surface area contributed by atoms with Crippen LogP contribution in [0.2, 0.25) is 0 Å². The molecule has 0 saturated carbocycles. The van der Waals surface area contributed by atoms with E-state index in [4.69, 9.17) is 23.8 Å². The van der Waals surface area contributed by atoms with Gasteiger partial charge in [0.15, 0.2) is 6.61 Å². The Morgan fingerprint density at radius 3 is 2.10 bits per heavy atom. The summed E-state index contributed by atoms with van der Waals surface area (Å²) < 4.78 is 22.4. The summed E-state index contributed by atoms with van der Waals surface area (Å²) in [4.78, 5) is 30.6. The Bertz CT molecular complexity index is 1270. The van der Waals surface area contributed by atoms with Gasteiger partial charge in [-0.1, -0.05) is 54.6 Å². The van der Waals surface area contributed by atoms with E-state index in [2.05, 4.69) is 36.2 Å². The fourth-order valence-electron chi connectivity index (χ4n) is 4.54. The van der Waals surface area contributed by atoms with Crippen molar-refractivity contribution in [2.24, 2.45) is 0 Å². The maximum absolute atomic E-state index is 13.3. The average Bonchev–Trinajstić information content (AvgIpc) is 3.30. The van der Waals surface area contributed by atoms with E-state index in [1.165, 1.54) is 27.3 Å². The maximum atomic E-state index is 13.3. The molecule has 0 aromatic heterocycles. The van der Waals surface area contributed by atoms with Crippen molar-refractivity contribution in [3.8, 4) is 28.4 Å². The Hall–Kier alpha value is -4.50. The molecule has 3 aromatic rings. The van der Waals surface area contributed by atoms with Gasteiger partial charge in [0.2, 0.25) is 0 Å². The Labute approximate surface area is 227 Å². The second kappa shape index (κ2) is 12.8. The van der Waals surface area contributed by atoms with Crippen molar-refractivity contribution in [2.75, 3.05) is 41.1 Å². The zero-order chi connectivity index (χ0) is 27.8. The standard InChI is InChI=1S/C30H32N2O7/c1-5-14-39-32(17-25-27(35-3)15-20(16-28(25)36-4)37-19-29(33)31-2)30(34)38-18-26-23-12-8-6-10-21(23)22-11-7-9-13-24(22)26/h5-13,15-16,26H,1,14,17-19H2,2-4H3,(H,31,33). The lowest BCUT2D eigenvalue weighted by molar-refractivity contribution is -0.133. The molecule has 9 nitrogen and oxygen atoms in total. The number of fused-ring (bicyclic) bond motifs is 3. The molecule has 0 aliphatic heterocycles. The van der Waals surface area contributed by atoms with Crippen molar-refractivity contribution in [1.29, 1.82) is 0 Å². The minimum atomic E-state index is -0.664. The summed E-state index contributed by atoms with van der Waals surface area (Å²) in [6, 6.07) is 19.5. The van der Waals surface area contributed by atoms with E-state index in [-0.39, 0.29) is 38.2 Å². The van der Waals surface area contributed by atoms with E-state index in [1.807, 2.05) is 24.3 Å². The first kappa shape index (κ1) is 27.5. The lowest BCUT2D eigenvalue weighted by Crippen LogP contribution is -2.32. The zero-order valence-electron chi connectivity index (χ0n) is 22.3. The van der Waals surface area contributed by atoms with Gasteiger partial charge in [-0.2, -0.15) is 5.06 Å². The lowest BCUT2D eigenvalue weighted by atomic mass is 9.98. The lowest BCUT2D eigenvalue weighted by Gasteiger charge is -2.24. The van der Waals surface area contributed by atoms with E-state index >= 15 is 0 Å². The fourth-order valence-corrected chi connectivity index (χ4v) is 4.54. The molecule has 2 amide bonds.